The number of aromatic nitrogens is 1. The highest BCUT2D eigenvalue weighted by Gasteiger charge is 2.23. The molecule has 3 amide bonds. The summed E-state index contributed by atoms with van der Waals surface area (Å²) in [6.07, 6.45) is 0.915. The third kappa shape index (κ3) is 7.86. The molecule has 3 aromatic rings. The lowest BCUT2D eigenvalue weighted by Crippen LogP contribution is -2.48. The van der Waals surface area contributed by atoms with Gasteiger partial charge in [0.2, 0.25) is 11.8 Å². The minimum atomic E-state index is -0.331. The summed E-state index contributed by atoms with van der Waals surface area (Å²) in [6, 6.07) is 17.0. The molecule has 1 aliphatic rings. The Morgan fingerprint density at radius 1 is 1.03 bits per heavy atom. The molecule has 200 valence electrons. The second kappa shape index (κ2) is 13.5. The van der Waals surface area contributed by atoms with Crippen LogP contribution in [0.3, 0.4) is 0 Å². The van der Waals surface area contributed by atoms with E-state index in [9.17, 15) is 14.4 Å². The first-order valence-electron chi connectivity index (χ1n) is 12.7. The molecule has 1 fully saturated rings. The van der Waals surface area contributed by atoms with Crippen molar-refractivity contribution in [2.24, 2.45) is 0 Å². The van der Waals surface area contributed by atoms with Crippen LogP contribution in [0.5, 0.6) is 0 Å². The summed E-state index contributed by atoms with van der Waals surface area (Å²) in [6.45, 7) is 6.25. The topological polar surface area (TPSA) is 85.8 Å². The second-order valence-corrected chi connectivity index (χ2v) is 10.5. The highest BCUT2D eigenvalue weighted by molar-refractivity contribution is 7.13. The molecule has 1 N–H and O–H groups in total. The largest absolute Gasteiger partial charge is 0.340 e. The highest BCUT2D eigenvalue weighted by Crippen LogP contribution is 2.18. The van der Waals surface area contributed by atoms with Gasteiger partial charge in [-0.15, -0.1) is 11.3 Å². The predicted octanol–water partition coefficient (Wildman–Crippen LogP) is 4.17. The van der Waals surface area contributed by atoms with Gasteiger partial charge in [-0.05, 0) is 36.2 Å². The predicted molar refractivity (Wildman–Crippen MR) is 150 cm³/mol. The summed E-state index contributed by atoms with van der Waals surface area (Å²) >= 11 is 7.20. The standard InChI is InChI=1S/C28H32ClN5O3S/c1-2-12-34(27(37)22-8-10-23(29)11-9-22)19-25(35)31-28-30-24(20-38-28)17-26(36)33-15-13-32(14-16-33)18-21-6-4-3-5-7-21/h3-11,20H,2,12-19H2,1H3,(H,30,31,35). The summed E-state index contributed by atoms with van der Waals surface area (Å²) in [5.41, 5.74) is 2.38. The molecule has 1 aliphatic heterocycles. The van der Waals surface area contributed by atoms with Crippen molar-refractivity contribution in [1.82, 2.24) is 19.7 Å². The lowest BCUT2D eigenvalue weighted by Gasteiger charge is -2.34. The van der Waals surface area contributed by atoms with E-state index in [1.165, 1.54) is 21.8 Å². The number of rotatable bonds is 10. The fourth-order valence-electron chi connectivity index (χ4n) is 4.34. The Hall–Kier alpha value is -3.27. The van der Waals surface area contributed by atoms with E-state index in [1.54, 1.807) is 29.6 Å². The van der Waals surface area contributed by atoms with Crippen molar-refractivity contribution in [2.75, 3.05) is 44.6 Å². The fraction of sp³-hybridized carbons (Fsp3) is 0.357. The van der Waals surface area contributed by atoms with Gasteiger partial charge in [-0.1, -0.05) is 48.9 Å². The molecule has 1 saturated heterocycles. The average Bonchev–Trinajstić information content (AvgIpc) is 3.35. The van der Waals surface area contributed by atoms with E-state index in [0.29, 0.717) is 41.0 Å². The molecule has 1 aromatic heterocycles. The van der Waals surface area contributed by atoms with Crippen molar-refractivity contribution in [2.45, 2.75) is 26.3 Å². The first kappa shape index (κ1) is 27.8. The fourth-order valence-corrected chi connectivity index (χ4v) is 5.19. The van der Waals surface area contributed by atoms with Crippen LogP contribution in [0.25, 0.3) is 0 Å². The molecule has 0 spiro atoms. The maximum Gasteiger partial charge on any atom is 0.254 e. The number of amides is 3. The van der Waals surface area contributed by atoms with Crippen LogP contribution in [-0.2, 0) is 22.6 Å². The molecule has 2 aromatic carbocycles. The average molecular weight is 554 g/mol. The van der Waals surface area contributed by atoms with Crippen LogP contribution in [0.1, 0.15) is 35.0 Å². The molecule has 0 saturated carbocycles. The van der Waals surface area contributed by atoms with Gasteiger partial charge >= 0.3 is 0 Å². The number of benzene rings is 2. The smallest absolute Gasteiger partial charge is 0.254 e. The summed E-state index contributed by atoms with van der Waals surface area (Å²) in [4.78, 5) is 48.6. The van der Waals surface area contributed by atoms with Crippen molar-refractivity contribution in [3.63, 3.8) is 0 Å². The molecule has 0 aliphatic carbocycles. The SMILES string of the molecule is CCCN(CC(=O)Nc1nc(CC(=O)N2CCN(Cc3ccccc3)CC2)cs1)C(=O)c1ccc(Cl)cc1. The van der Waals surface area contributed by atoms with Crippen LogP contribution in [0.4, 0.5) is 5.13 Å². The number of halogens is 1. The number of nitrogens with zero attached hydrogens (tertiary/aromatic N) is 4. The van der Waals surface area contributed by atoms with Crippen molar-refractivity contribution < 1.29 is 14.4 Å². The van der Waals surface area contributed by atoms with Crippen molar-refractivity contribution >= 4 is 45.8 Å². The van der Waals surface area contributed by atoms with Crippen LogP contribution in [0.15, 0.2) is 60.0 Å². The Morgan fingerprint density at radius 3 is 2.42 bits per heavy atom. The maximum absolute atomic E-state index is 12.9. The van der Waals surface area contributed by atoms with E-state index in [4.69, 9.17) is 11.6 Å². The van der Waals surface area contributed by atoms with E-state index in [1.807, 2.05) is 30.0 Å². The van der Waals surface area contributed by atoms with E-state index >= 15 is 0 Å². The molecule has 38 heavy (non-hydrogen) atoms. The minimum Gasteiger partial charge on any atom is -0.340 e. The summed E-state index contributed by atoms with van der Waals surface area (Å²) in [5, 5.41) is 5.53. The summed E-state index contributed by atoms with van der Waals surface area (Å²) in [7, 11) is 0. The van der Waals surface area contributed by atoms with Gasteiger partial charge in [-0.25, -0.2) is 4.98 Å². The number of anilines is 1. The quantitative estimate of drug-likeness (QED) is 0.407. The first-order valence-corrected chi connectivity index (χ1v) is 14.0. The zero-order valence-corrected chi connectivity index (χ0v) is 23.0. The Morgan fingerprint density at radius 2 is 1.74 bits per heavy atom. The minimum absolute atomic E-state index is 0.0372. The van der Waals surface area contributed by atoms with Crippen LogP contribution in [-0.4, -0.2) is 76.7 Å². The zero-order valence-electron chi connectivity index (χ0n) is 21.4. The van der Waals surface area contributed by atoms with Gasteiger partial charge in [0.05, 0.1) is 12.1 Å². The third-order valence-corrected chi connectivity index (χ3v) is 7.37. The Balaban J connectivity index is 1.24. The number of nitrogens with one attached hydrogen (secondary N) is 1. The van der Waals surface area contributed by atoms with Gasteiger partial charge in [0, 0.05) is 55.2 Å². The maximum atomic E-state index is 12.9. The van der Waals surface area contributed by atoms with E-state index < -0.39 is 0 Å². The van der Waals surface area contributed by atoms with Gasteiger partial charge in [-0.2, -0.15) is 0 Å². The molecule has 0 unspecified atom stereocenters. The zero-order chi connectivity index (χ0) is 26.9. The van der Waals surface area contributed by atoms with Crippen molar-refractivity contribution in [3.8, 4) is 0 Å². The molecule has 0 radical (unpaired) electrons. The van der Waals surface area contributed by atoms with E-state index in [-0.39, 0.29) is 30.7 Å². The first-order chi connectivity index (χ1) is 18.4. The van der Waals surface area contributed by atoms with E-state index in [2.05, 4.69) is 27.3 Å². The van der Waals surface area contributed by atoms with Gasteiger partial charge < -0.3 is 15.1 Å². The van der Waals surface area contributed by atoms with Crippen molar-refractivity contribution in [3.05, 3.63) is 81.8 Å². The highest BCUT2D eigenvalue weighted by atomic mass is 35.5. The number of piperazine rings is 1. The Kier molecular flexibility index (Phi) is 9.86. The lowest BCUT2D eigenvalue weighted by atomic mass is 10.2. The van der Waals surface area contributed by atoms with Gasteiger partial charge in [0.1, 0.15) is 6.54 Å². The number of thiazole rings is 1. The van der Waals surface area contributed by atoms with Gasteiger partial charge in [0.25, 0.3) is 5.91 Å². The lowest BCUT2D eigenvalue weighted by molar-refractivity contribution is -0.132. The van der Waals surface area contributed by atoms with Crippen LogP contribution in [0.2, 0.25) is 5.02 Å². The molecule has 2 heterocycles. The number of hydrogen-bond donors (Lipinski definition) is 1. The van der Waals surface area contributed by atoms with Crippen LogP contribution in [0, 0.1) is 0 Å². The second-order valence-electron chi connectivity index (χ2n) is 9.25. The Labute approximate surface area is 232 Å². The molecular weight excluding hydrogens is 522 g/mol. The number of carbonyl (C=O) groups excluding carboxylic acids is 3. The Bertz CT molecular complexity index is 1230. The number of carbonyl (C=O) groups is 3. The molecular formula is C28H32ClN5O3S. The monoisotopic (exact) mass is 553 g/mol. The third-order valence-electron chi connectivity index (χ3n) is 6.31. The molecule has 0 bridgehead atoms. The molecule has 0 atom stereocenters. The van der Waals surface area contributed by atoms with Crippen molar-refractivity contribution in [1.29, 1.82) is 0 Å². The molecule has 8 nitrogen and oxygen atoms in total. The van der Waals surface area contributed by atoms with E-state index in [0.717, 1.165) is 26.1 Å². The van der Waals surface area contributed by atoms with Crippen LogP contribution >= 0.6 is 22.9 Å². The molecule has 10 heteroatoms. The normalized spacial score (nSPS) is 13.8. The van der Waals surface area contributed by atoms with Gasteiger partial charge in [-0.3, -0.25) is 19.3 Å². The summed E-state index contributed by atoms with van der Waals surface area (Å²) in [5.74, 6) is -0.522. The number of hydrogen-bond acceptors (Lipinski definition) is 6. The molecule has 4 rings (SSSR count). The van der Waals surface area contributed by atoms with Gasteiger partial charge in [0.15, 0.2) is 5.13 Å². The van der Waals surface area contributed by atoms with Crippen LogP contribution < -0.4 is 5.32 Å². The summed E-state index contributed by atoms with van der Waals surface area (Å²) < 4.78 is 0.